The average molecular weight is 796 g/mol. The van der Waals surface area contributed by atoms with Crippen molar-refractivity contribution in [2.75, 3.05) is 4.90 Å². The van der Waals surface area contributed by atoms with Crippen LogP contribution >= 0.6 is 11.3 Å². The number of hydrogen-bond acceptors (Lipinski definition) is 3. The fraction of sp³-hybridized carbons (Fsp3) is 0. The Morgan fingerprint density at radius 2 is 0.934 bits per heavy atom. The second-order valence-corrected chi connectivity index (χ2v) is 16.8. The van der Waals surface area contributed by atoms with Crippen LogP contribution in [-0.4, -0.2) is 0 Å². The smallest absolute Gasteiger partial charge is 0.145 e. The number of hydrogen-bond donors (Lipinski definition) is 0. The lowest BCUT2D eigenvalue weighted by atomic mass is 9.98. The van der Waals surface area contributed by atoms with Crippen LogP contribution in [0.15, 0.2) is 229 Å². The van der Waals surface area contributed by atoms with Gasteiger partial charge in [-0.15, -0.1) is 11.3 Å². The van der Waals surface area contributed by atoms with Gasteiger partial charge in [-0.25, -0.2) is 0 Å². The van der Waals surface area contributed by atoms with Gasteiger partial charge in [-0.1, -0.05) is 164 Å². The Labute approximate surface area is 357 Å². The van der Waals surface area contributed by atoms with E-state index in [1.165, 1.54) is 64.3 Å². The summed E-state index contributed by atoms with van der Waals surface area (Å²) in [7, 11) is 0. The highest BCUT2D eigenvalue weighted by Gasteiger charge is 2.23. The lowest BCUT2D eigenvalue weighted by Gasteiger charge is -2.27. The Kier molecular flexibility index (Phi) is 8.39. The zero-order valence-electron chi connectivity index (χ0n) is 33.1. The van der Waals surface area contributed by atoms with Crippen LogP contribution in [0.5, 0.6) is 0 Å². The highest BCUT2D eigenvalue weighted by Crippen LogP contribution is 2.48. The van der Waals surface area contributed by atoms with Crippen molar-refractivity contribution in [1.29, 1.82) is 0 Å². The summed E-state index contributed by atoms with van der Waals surface area (Å²) in [6, 6.07) is 81.1. The van der Waals surface area contributed by atoms with Crippen molar-refractivity contribution < 1.29 is 4.42 Å². The Hall–Kier alpha value is -7.72. The van der Waals surface area contributed by atoms with Gasteiger partial charge in [0.05, 0.1) is 11.1 Å². The lowest BCUT2D eigenvalue weighted by molar-refractivity contribution is 0.670. The first-order valence-corrected chi connectivity index (χ1v) is 21.5. The molecule has 0 fully saturated rings. The molecule has 3 heteroatoms. The van der Waals surface area contributed by atoms with Crippen LogP contribution in [0.1, 0.15) is 0 Å². The number of anilines is 3. The Balaban J connectivity index is 0.998. The zero-order valence-corrected chi connectivity index (χ0v) is 33.9. The standard InChI is InChI=1S/C58H37NOS/c1-3-11-38(12-4-1)46-27-31-50-52-37-48(30-34-55(52)61-56(50)36-46)59(53-33-32-49(43-14-5-2-6-15-43)58-57(53)51-17-9-10-18-54(51)60-58)47-28-25-41(26-29-47)40-19-21-42(22-20-40)45-24-23-39-13-7-8-16-44(39)35-45/h1-37H. The maximum Gasteiger partial charge on any atom is 0.145 e. The minimum absolute atomic E-state index is 0.873. The van der Waals surface area contributed by atoms with Gasteiger partial charge in [0.15, 0.2) is 0 Å². The molecule has 286 valence electrons. The molecule has 0 unspecified atom stereocenters. The van der Waals surface area contributed by atoms with E-state index in [4.69, 9.17) is 4.42 Å². The van der Waals surface area contributed by atoms with E-state index in [1.807, 2.05) is 11.3 Å². The molecule has 0 aliphatic heterocycles. The Bertz CT molecular complexity index is 3570. The second-order valence-electron chi connectivity index (χ2n) is 15.7. The summed E-state index contributed by atoms with van der Waals surface area (Å²) >= 11 is 1.85. The van der Waals surface area contributed by atoms with Crippen molar-refractivity contribution in [3.05, 3.63) is 224 Å². The molecule has 0 saturated heterocycles. The summed E-state index contributed by atoms with van der Waals surface area (Å²) in [6.45, 7) is 0. The van der Waals surface area contributed by atoms with Crippen LogP contribution in [0.2, 0.25) is 0 Å². The van der Waals surface area contributed by atoms with Gasteiger partial charge in [0.1, 0.15) is 11.2 Å². The van der Waals surface area contributed by atoms with Gasteiger partial charge in [0.25, 0.3) is 0 Å². The van der Waals surface area contributed by atoms with E-state index in [1.54, 1.807) is 0 Å². The Morgan fingerprint density at radius 3 is 1.72 bits per heavy atom. The van der Waals surface area contributed by atoms with Gasteiger partial charge < -0.3 is 9.32 Å². The molecule has 0 aliphatic carbocycles. The molecule has 12 rings (SSSR count). The van der Waals surface area contributed by atoms with E-state index in [2.05, 4.69) is 229 Å². The highest BCUT2D eigenvalue weighted by atomic mass is 32.1. The largest absolute Gasteiger partial charge is 0.455 e. The van der Waals surface area contributed by atoms with Crippen molar-refractivity contribution in [1.82, 2.24) is 0 Å². The van der Waals surface area contributed by atoms with Crippen LogP contribution in [0.4, 0.5) is 17.1 Å². The van der Waals surface area contributed by atoms with Crippen molar-refractivity contribution in [3.63, 3.8) is 0 Å². The summed E-state index contributed by atoms with van der Waals surface area (Å²) in [6.07, 6.45) is 0. The third kappa shape index (κ3) is 6.18. The number of thiophene rings is 1. The number of furan rings is 1. The molecule has 0 spiro atoms. The van der Waals surface area contributed by atoms with Crippen molar-refractivity contribution >= 4 is 81.3 Å². The number of rotatable bonds is 7. The maximum absolute atomic E-state index is 6.78. The van der Waals surface area contributed by atoms with Crippen LogP contribution in [0.25, 0.3) is 97.4 Å². The molecule has 0 N–H and O–H groups in total. The lowest BCUT2D eigenvalue weighted by Crippen LogP contribution is -2.10. The SMILES string of the molecule is c1ccc(-c2ccc3c(c2)sc2ccc(N(c4ccc(-c5ccc(-c6ccc7ccccc7c6)cc5)cc4)c4ccc(-c5ccccc5)c5oc6ccccc6c45)cc23)cc1. The molecule has 61 heavy (non-hydrogen) atoms. The molecule has 0 amide bonds. The predicted molar refractivity (Wildman–Crippen MR) is 261 cm³/mol. The van der Waals surface area contributed by atoms with E-state index in [-0.39, 0.29) is 0 Å². The molecule has 10 aromatic carbocycles. The predicted octanol–water partition coefficient (Wildman–Crippen LogP) is 17.2. The average Bonchev–Trinajstić information content (AvgIpc) is 3.91. The highest BCUT2D eigenvalue weighted by molar-refractivity contribution is 7.25. The summed E-state index contributed by atoms with van der Waals surface area (Å²) < 4.78 is 9.33. The van der Waals surface area contributed by atoms with E-state index < -0.39 is 0 Å². The van der Waals surface area contributed by atoms with Crippen molar-refractivity contribution in [3.8, 4) is 44.5 Å². The van der Waals surface area contributed by atoms with Gasteiger partial charge in [-0.2, -0.15) is 0 Å². The van der Waals surface area contributed by atoms with E-state index in [9.17, 15) is 0 Å². The van der Waals surface area contributed by atoms with Crippen LogP contribution in [0, 0.1) is 0 Å². The molecule has 0 radical (unpaired) electrons. The molecular weight excluding hydrogens is 759 g/mol. The van der Waals surface area contributed by atoms with Gasteiger partial charge in [-0.05, 0) is 110 Å². The molecule has 0 aliphatic rings. The number of fused-ring (bicyclic) bond motifs is 7. The Morgan fingerprint density at radius 1 is 0.344 bits per heavy atom. The maximum atomic E-state index is 6.78. The first-order valence-electron chi connectivity index (χ1n) is 20.7. The summed E-state index contributed by atoms with van der Waals surface area (Å²) in [5, 5.41) is 7.21. The van der Waals surface area contributed by atoms with Crippen LogP contribution in [0.3, 0.4) is 0 Å². The minimum Gasteiger partial charge on any atom is -0.455 e. The van der Waals surface area contributed by atoms with E-state index in [0.717, 1.165) is 50.1 Å². The molecule has 12 aromatic rings. The van der Waals surface area contributed by atoms with Crippen LogP contribution in [-0.2, 0) is 0 Å². The first-order chi connectivity index (χ1) is 30.2. The monoisotopic (exact) mass is 795 g/mol. The molecule has 2 heterocycles. The van der Waals surface area contributed by atoms with Gasteiger partial charge in [-0.3, -0.25) is 0 Å². The van der Waals surface area contributed by atoms with Crippen LogP contribution < -0.4 is 4.90 Å². The van der Waals surface area contributed by atoms with E-state index in [0.29, 0.717) is 0 Å². The second kappa shape index (κ2) is 14.5. The number of benzene rings is 10. The number of nitrogens with zero attached hydrogens (tertiary/aromatic N) is 1. The summed E-state index contributed by atoms with van der Waals surface area (Å²) in [5.41, 5.74) is 14.4. The third-order valence-corrected chi connectivity index (χ3v) is 13.2. The number of para-hydroxylation sites is 1. The third-order valence-electron chi connectivity index (χ3n) is 12.1. The van der Waals surface area contributed by atoms with Gasteiger partial charge in [0.2, 0.25) is 0 Å². The fourth-order valence-corrected chi connectivity index (χ4v) is 10.1. The fourth-order valence-electron chi connectivity index (χ4n) is 9.01. The quantitative estimate of drug-likeness (QED) is 0.160. The van der Waals surface area contributed by atoms with Gasteiger partial charge in [0, 0.05) is 42.5 Å². The molecule has 0 atom stereocenters. The molecule has 0 saturated carbocycles. The first kappa shape index (κ1) is 35.2. The van der Waals surface area contributed by atoms with E-state index >= 15 is 0 Å². The molecule has 2 nitrogen and oxygen atoms in total. The minimum atomic E-state index is 0.873. The summed E-state index contributed by atoms with van der Waals surface area (Å²) in [4.78, 5) is 2.41. The topological polar surface area (TPSA) is 16.4 Å². The van der Waals surface area contributed by atoms with Crippen molar-refractivity contribution in [2.45, 2.75) is 0 Å². The molecule has 2 aromatic heterocycles. The zero-order chi connectivity index (χ0) is 40.3. The molecular formula is C58H37NOS. The molecule has 0 bridgehead atoms. The summed E-state index contributed by atoms with van der Waals surface area (Å²) in [5.74, 6) is 0. The van der Waals surface area contributed by atoms with Crippen molar-refractivity contribution in [2.24, 2.45) is 0 Å². The van der Waals surface area contributed by atoms with Gasteiger partial charge >= 0.3 is 0 Å². The normalized spacial score (nSPS) is 11.6.